The highest BCUT2D eigenvalue weighted by Crippen LogP contribution is 2.65. The van der Waals surface area contributed by atoms with E-state index in [1.165, 1.54) is 0 Å². The van der Waals surface area contributed by atoms with E-state index in [1.807, 2.05) is 25.3 Å². The number of nitrogens with zero attached hydrogens (tertiary/aromatic N) is 2. The fourth-order valence-electron chi connectivity index (χ4n) is 3.10. The first-order chi connectivity index (χ1) is 10.9. The zero-order valence-electron chi connectivity index (χ0n) is 14.0. The van der Waals surface area contributed by atoms with E-state index in [1.54, 1.807) is 11.3 Å². The summed E-state index contributed by atoms with van der Waals surface area (Å²) in [5, 5.41) is 9.03. The van der Waals surface area contributed by atoms with Gasteiger partial charge >= 0.3 is 0 Å². The molecule has 0 saturated heterocycles. The molecule has 1 aliphatic rings. The minimum atomic E-state index is -0.376. The van der Waals surface area contributed by atoms with Crippen LogP contribution < -0.4 is 5.32 Å². The van der Waals surface area contributed by atoms with Gasteiger partial charge in [-0.3, -0.25) is 4.79 Å². The fraction of sp³-hybridized carbons (Fsp3) is 0.588. The molecule has 124 valence electrons. The Hall–Kier alpha value is -1.69. The standard InChI is InChI=1S/C17H23N3O2S/c1-11(2)14-19-13(22-20-14)7-8-18-15(21)17(10-16(17,3)4)12-6-5-9-23-12/h5-6,9,11H,7-8,10H2,1-4H3,(H,18,21)/t17-/m1/s1. The molecule has 23 heavy (non-hydrogen) atoms. The SMILES string of the molecule is CC(C)c1noc(CCNC(=O)[C@]2(c3cccs3)CC2(C)C)n1. The number of aromatic nitrogens is 2. The fourth-order valence-corrected chi connectivity index (χ4v) is 4.20. The molecule has 1 N–H and O–H groups in total. The van der Waals surface area contributed by atoms with Crippen LogP contribution in [0.4, 0.5) is 0 Å². The Balaban J connectivity index is 1.61. The number of carbonyl (C=O) groups excluding carboxylic acids is 1. The highest BCUT2D eigenvalue weighted by atomic mass is 32.1. The van der Waals surface area contributed by atoms with Gasteiger partial charge in [0.1, 0.15) is 0 Å². The van der Waals surface area contributed by atoms with Gasteiger partial charge in [0.25, 0.3) is 0 Å². The van der Waals surface area contributed by atoms with Crippen LogP contribution >= 0.6 is 11.3 Å². The van der Waals surface area contributed by atoms with Crippen molar-refractivity contribution in [1.29, 1.82) is 0 Å². The second-order valence-electron chi connectivity index (χ2n) is 7.15. The van der Waals surface area contributed by atoms with Gasteiger partial charge in [0, 0.05) is 23.8 Å². The zero-order valence-corrected chi connectivity index (χ0v) is 14.9. The molecule has 3 rings (SSSR count). The number of thiophene rings is 1. The summed E-state index contributed by atoms with van der Waals surface area (Å²) in [6.07, 6.45) is 1.46. The van der Waals surface area contributed by atoms with Crippen LogP contribution in [0.3, 0.4) is 0 Å². The van der Waals surface area contributed by atoms with Crippen LogP contribution in [0.2, 0.25) is 0 Å². The molecule has 0 unspecified atom stereocenters. The molecular formula is C17H23N3O2S. The maximum absolute atomic E-state index is 12.8. The number of amides is 1. The van der Waals surface area contributed by atoms with Crippen molar-refractivity contribution < 1.29 is 9.32 Å². The van der Waals surface area contributed by atoms with E-state index in [9.17, 15) is 4.79 Å². The Morgan fingerprint density at radius 3 is 2.74 bits per heavy atom. The van der Waals surface area contributed by atoms with Crippen molar-refractivity contribution in [2.45, 2.75) is 51.9 Å². The third-order valence-electron chi connectivity index (χ3n) is 4.69. The molecule has 6 heteroatoms. The second-order valence-corrected chi connectivity index (χ2v) is 8.10. The van der Waals surface area contributed by atoms with Gasteiger partial charge in [-0.05, 0) is 23.3 Å². The van der Waals surface area contributed by atoms with Gasteiger partial charge in [-0.2, -0.15) is 4.98 Å². The molecule has 2 aromatic heterocycles. The van der Waals surface area contributed by atoms with Crippen LogP contribution in [0, 0.1) is 5.41 Å². The summed E-state index contributed by atoms with van der Waals surface area (Å²) >= 11 is 1.66. The van der Waals surface area contributed by atoms with E-state index in [2.05, 4.69) is 35.4 Å². The van der Waals surface area contributed by atoms with Crippen molar-refractivity contribution in [2.24, 2.45) is 5.41 Å². The van der Waals surface area contributed by atoms with Crippen molar-refractivity contribution in [3.63, 3.8) is 0 Å². The maximum atomic E-state index is 12.8. The third kappa shape index (κ3) is 2.80. The normalized spacial score (nSPS) is 22.3. The molecule has 1 saturated carbocycles. The Morgan fingerprint density at radius 2 is 2.22 bits per heavy atom. The van der Waals surface area contributed by atoms with Gasteiger partial charge in [-0.1, -0.05) is 38.9 Å². The van der Waals surface area contributed by atoms with Gasteiger partial charge in [0.15, 0.2) is 5.82 Å². The zero-order chi connectivity index (χ0) is 16.7. The summed E-state index contributed by atoms with van der Waals surface area (Å²) in [4.78, 5) is 18.3. The first kappa shape index (κ1) is 16.2. The smallest absolute Gasteiger partial charge is 0.232 e. The summed E-state index contributed by atoms with van der Waals surface area (Å²) in [5.41, 5.74) is -0.365. The predicted octanol–water partition coefficient (Wildman–Crippen LogP) is 3.28. The van der Waals surface area contributed by atoms with E-state index in [0.29, 0.717) is 24.7 Å². The van der Waals surface area contributed by atoms with E-state index in [0.717, 1.165) is 11.3 Å². The highest BCUT2D eigenvalue weighted by Gasteiger charge is 2.67. The minimum Gasteiger partial charge on any atom is -0.355 e. The molecule has 5 nitrogen and oxygen atoms in total. The van der Waals surface area contributed by atoms with Gasteiger partial charge in [-0.25, -0.2) is 0 Å². The third-order valence-corrected chi connectivity index (χ3v) is 5.72. The lowest BCUT2D eigenvalue weighted by Crippen LogP contribution is -2.38. The van der Waals surface area contributed by atoms with Crippen LogP contribution in [0.5, 0.6) is 0 Å². The van der Waals surface area contributed by atoms with Gasteiger partial charge in [0.2, 0.25) is 11.8 Å². The first-order valence-electron chi connectivity index (χ1n) is 8.01. The van der Waals surface area contributed by atoms with Crippen LogP contribution in [-0.2, 0) is 16.6 Å². The number of hydrogen-bond acceptors (Lipinski definition) is 5. The molecule has 0 aromatic carbocycles. The number of hydrogen-bond donors (Lipinski definition) is 1. The van der Waals surface area contributed by atoms with Crippen molar-refractivity contribution in [3.05, 3.63) is 34.1 Å². The maximum Gasteiger partial charge on any atom is 0.232 e. The molecule has 1 atom stereocenters. The van der Waals surface area contributed by atoms with Crippen molar-refractivity contribution in [2.75, 3.05) is 6.54 Å². The van der Waals surface area contributed by atoms with E-state index >= 15 is 0 Å². The number of nitrogens with one attached hydrogen (secondary N) is 1. The Labute approximate surface area is 140 Å². The van der Waals surface area contributed by atoms with Crippen molar-refractivity contribution >= 4 is 17.2 Å². The molecule has 2 aromatic rings. The van der Waals surface area contributed by atoms with Crippen LogP contribution in [0.1, 0.15) is 56.6 Å². The molecular weight excluding hydrogens is 310 g/mol. The molecule has 2 heterocycles. The van der Waals surface area contributed by atoms with E-state index < -0.39 is 0 Å². The summed E-state index contributed by atoms with van der Waals surface area (Å²) < 4.78 is 5.21. The number of rotatable bonds is 6. The largest absolute Gasteiger partial charge is 0.355 e. The summed E-state index contributed by atoms with van der Waals surface area (Å²) in [7, 11) is 0. The molecule has 1 fully saturated rings. The average molecular weight is 333 g/mol. The minimum absolute atomic E-state index is 0.0111. The van der Waals surface area contributed by atoms with Crippen LogP contribution in [0.15, 0.2) is 22.0 Å². The van der Waals surface area contributed by atoms with E-state index in [4.69, 9.17) is 4.52 Å². The topological polar surface area (TPSA) is 68.0 Å². The monoisotopic (exact) mass is 333 g/mol. The molecule has 1 amide bonds. The second kappa shape index (κ2) is 5.74. The van der Waals surface area contributed by atoms with Crippen LogP contribution in [-0.4, -0.2) is 22.6 Å². The van der Waals surface area contributed by atoms with E-state index in [-0.39, 0.29) is 22.7 Å². The Kier molecular flexibility index (Phi) is 4.04. The average Bonchev–Trinajstić information content (AvgIpc) is 2.97. The van der Waals surface area contributed by atoms with Gasteiger partial charge < -0.3 is 9.84 Å². The Bertz CT molecular complexity index is 691. The van der Waals surface area contributed by atoms with Crippen molar-refractivity contribution in [1.82, 2.24) is 15.5 Å². The Morgan fingerprint density at radius 1 is 1.48 bits per heavy atom. The number of carbonyl (C=O) groups is 1. The molecule has 1 aliphatic carbocycles. The van der Waals surface area contributed by atoms with Gasteiger partial charge in [-0.15, -0.1) is 11.3 Å². The molecule has 0 radical (unpaired) electrons. The van der Waals surface area contributed by atoms with Crippen LogP contribution in [0.25, 0.3) is 0 Å². The molecule has 0 spiro atoms. The summed E-state index contributed by atoms with van der Waals surface area (Å²) in [6.45, 7) is 8.87. The highest BCUT2D eigenvalue weighted by molar-refractivity contribution is 7.10. The lowest BCUT2D eigenvalue weighted by Gasteiger charge is -2.18. The lowest BCUT2D eigenvalue weighted by molar-refractivity contribution is -0.124. The van der Waals surface area contributed by atoms with Gasteiger partial charge in [0.05, 0.1) is 5.41 Å². The summed E-state index contributed by atoms with van der Waals surface area (Å²) in [6, 6.07) is 4.07. The predicted molar refractivity (Wildman–Crippen MR) is 89.5 cm³/mol. The molecule has 0 bridgehead atoms. The quantitative estimate of drug-likeness (QED) is 0.881. The lowest BCUT2D eigenvalue weighted by atomic mass is 9.93. The first-order valence-corrected chi connectivity index (χ1v) is 8.89. The summed E-state index contributed by atoms with van der Waals surface area (Å²) in [5.74, 6) is 1.64. The van der Waals surface area contributed by atoms with Crippen molar-refractivity contribution in [3.8, 4) is 0 Å². The molecule has 0 aliphatic heterocycles.